The molecule has 25 heavy (non-hydrogen) atoms. The lowest BCUT2D eigenvalue weighted by molar-refractivity contribution is -0.120. The molecule has 1 saturated heterocycles. The molecule has 2 aromatic rings. The summed E-state index contributed by atoms with van der Waals surface area (Å²) in [5.74, 6) is -0.422. The van der Waals surface area contributed by atoms with E-state index in [9.17, 15) is 18.3 Å². The van der Waals surface area contributed by atoms with Gasteiger partial charge in [-0.1, -0.05) is 12.1 Å². The third-order valence-electron chi connectivity index (χ3n) is 4.33. The number of nitrogens with zero attached hydrogens (tertiary/aromatic N) is 1. The molecule has 1 aliphatic heterocycles. The number of hydrogen-bond donors (Lipinski definition) is 2. The number of sulfonamides is 1. The number of anilines is 1. The molecule has 1 fully saturated rings. The predicted molar refractivity (Wildman–Crippen MR) is 97.3 cm³/mol. The SMILES string of the molecule is Cc1ccc(NC(=O)C2CCN(S(=O)(=O)c3cccs3)CC2)c(O)c1. The van der Waals surface area contributed by atoms with E-state index in [0.717, 1.165) is 5.56 Å². The summed E-state index contributed by atoms with van der Waals surface area (Å²) in [7, 11) is -3.46. The van der Waals surface area contributed by atoms with Gasteiger partial charge in [0.2, 0.25) is 5.91 Å². The zero-order valence-electron chi connectivity index (χ0n) is 13.8. The van der Waals surface area contributed by atoms with Crippen molar-refractivity contribution in [1.82, 2.24) is 4.31 Å². The number of aromatic hydroxyl groups is 1. The predicted octanol–water partition coefficient (Wildman–Crippen LogP) is 2.80. The summed E-state index contributed by atoms with van der Waals surface area (Å²) in [6.07, 6.45) is 0.923. The highest BCUT2D eigenvalue weighted by Gasteiger charge is 2.32. The zero-order chi connectivity index (χ0) is 18.0. The van der Waals surface area contributed by atoms with Crippen LogP contribution in [0.4, 0.5) is 5.69 Å². The molecule has 8 heteroatoms. The van der Waals surface area contributed by atoms with Crippen molar-refractivity contribution in [1.29, 1.82) is 0 Å². The van der Waals surface area contributed by atoms with Crippen LogP contribution in [0.15, 0.2) is 39.9 Å². The first-order valence-electron chi connectivity index (χ1n) is 8.02. The molecular weight excluding hydrogens is 360 g/mol. The van der Waals surface area contributed by atoms with Gasteiger partial charge in [0, 0.05) is 19.0 Å². The van der Waals surface area contributed by atoms with Gasteiger partial charge in [-0.2, -0.15) is 4.31 Å². The Hall–Kier alpha value is -1.90. The van der Waals surface area contributed by atoms with Crippen LogP contribution in [0.5, 0.6) is 5.75 Å². The molecule has 1 aromatic heterocycles. The monoisotopic (exact) mass is 380 g/mol. The Balaban J connectivity index is 1.61. The van der Waals surface area contributed by atoms with E-state index in [2.05, 4.69) is 5.32 Å². The molecule has 3 rings (SSSR count). The van der Waals surface area contributed by atoms with E-state index in [0.29, 0.717) is 35.8 Å². The lowest BCUT2D eigenvalue weighted by atomic mass is 9.97. The molecule has 0 unspecified atom stereocenters. The first kappa shape index (κ1) is 17.9. The Kier molecular flexibility index (Phi) is 5.12. The van der Waals surface area contributed by atoms with Crippen LogP contribution in [-0.2, 0) is 14.8 Å². The maximum absolute atomic E-state index is 12.5. The average molecular weight is 380 g/mol. The number of nitrogens with one attached hydrogen (secondary N) is 1. The molecule has 0 atom stereocenters. The number of phenols is 1. The smallest absolute Gasteiger partial charge is 0.252 e. The quantitative estimate of drug-likeness (QED) is 0.799. The largest absolute Gasteiger partial charge is 0.506 e. The second kappa shape index (κ2) is 7.15. The maximum atomic E-state index is 12.5. The van der Waals surface area contributed by atoms with Crippen molar-refractivity contribution in [2.24, 2.45) is 5.92 Å². The molecule has 2 heterocycles. The van der Waals surface area contributed by atoms with Gasteiger partial charge in [-0.15, -0.1) is 11.3 Å². The molecular formula is C17H20N2O4S2. The van der Waals surface area contributed by atoms with Gasteiger partial charge in [0.1, 0.15) is 9.96 Å². The standard InChI is InChI=1S/C17H20N2O4S2/c1-12-4-5-14(15(20)11-12)18-17(21)13-6-8-19(9-7-13)25(22,23)16-3-2-10-24-16/h2-5,10-11,13,20H,6-9H2,1H3,(H,18,21). The van der Waals surface area contributed by atoms with Gasteiger partial charge in [0.15, 0.2) is 0 Å². The van der Waals surface area contributed by atoms with Crippen LogP contribution in [-0.4, -0.2) is 36.8 Å². The number of carbonyl (C=O) groups is 1. The summed E-state index contributed by atoms with van der Waals surface area (Å²) in [6, 6.07) is 8.38. The van der Waals surface area contributed by atoms with E-state index in [-0.39, 0.29) is 17.6 Å². The fourth-order valence-electron chi connectivity index (χ4n) is 2.88. The molecule has 1 aromatic carbocycles. The Morgan fingerprint density at radius 3 is 2.60 bits per heavy atom. The first-order valence-corrected chi connectivity index (χ1v) is 10.3. The van der Waals surface area contributed by atoms with E-state index in [1.165, 1.54) is 15.6 Å². The van der Waals surface area contributed by atoms with Gasteiger partial charge >= 0.3 is 0 Å². The normalized spacial score (nSPS) is 16.7. The Labute approximate surface area is 151 Å². The number of thiophene rings is 1. The molecule has 0 saturated carbocycles. The lowest BCUT2D eigenvalue weighted by Gasteiger charge is -2.30. The van der Waals surface area contributed by atoms with Crippen molar-refractivity contribution in [3.63, 3.8) is 0 Å². The Morgan fingerprint density at radius 2 is 2.00 bits per heavy atom. The Morgan fingerprint density at radius 1 is 1.28 bits per heavy atom. The maximum Gasteiger partial charge on any atom is 0.252 e. The number of aryl methyl sites for hydroxylation is 1. The number of phenolic OH excluding ortho intramolecular Hbond substituents is 1. The van der Waals surface area contributed by atoms with Gasteiger partial charge in [0.25, 0.3) is 10.0 Å². The minimum absolute atomic E-state index is 0.0334. The Bertz CT molecular complexity index is 855. The van der Waals surface area contributed by atoms with Crippen molar-refractivity contribution in [3.05, 3.63) is 41.3 Å². The fourth-order valence-corrected chi connectivity index (χ4v) is 5.49. The van der Waals surface area contributed by atoms with Gasteiger partial charge in [0.05, 0.1) is 5.69 Å². The third kappa shape index (κ3) is 3.86. The van der Waals surface area contributed by atoms with Crippen molar-refractivity contribution < 1.29 is 18.3 Å². The van der Waals surface area contributed by atoms with Crippen LogP contribution in [0.3, 0.4) is 0 Å². The van der Waals surface area contributed by atoms with Gasteiger partial charge in [-0.3, -0.25) is 4.79 Å². The van der Waals surface area contributed by atoms with Crippen molar-refractivity contribution in [2.45, 2.75) is 24.0 Å². The number of hydrogen-bond acceptors (Lipinski definition) is 5. The molecule has 134 valence electrons. The number of benzene rings is 1. The molecule has 0 radical (unpaired) electrons. The fraction of sp³-hybridized carbons (Fsp3) is 0.353. The van der Waals surface area contributed by atoms with Crippen molar-refractivity contribution in [2.75, 3.05) is 18.4 Å². The number of rotatable bonds is 4. The van der Waals surface area contributed by atoms with Crippen LogP contribution in [0.2, 0.25) is 0 Å². The molecule has 0 aliphatic carbocycles. The summed E-state index contributed by atoms with van der Waals surface area (Å²) in [5, 5.41) is 14.4. The molecule has 6 nitrogen and oxygen atoms in total. The summed E-state index contributed by atoms with van der Waals surface area (Å²) >= 11 is 1.20. The summed E-state index contributed by atoms with van der Waals surface area (Å²) in [4.78, 5) is 12.4. The van der Waals surface area contributed by atoms with Crippen molar-refractivity contribution in [3.8, 4) is 5.75 Å². The number of piperidine rings is 1. The molecule has 1 amide bonds. The van der Waals surface area contributed by atoms with E-state index in [4.69, 9.17) is 0 Å². The van der Waals surface area contributed by atoms with E-state index < -0.39 is 10.0 Å². The second-order valence-corrected chi connectivity index (χ2v) is 9.23. The number of carbonyl (C=O) groups excluding carboxylic acids is 1. The van der Waals surface area contributed by atoms with Gasteiger partial charge in [-0.25, -0.2) is 8.42 Å². The lowest BCUT2D eigenvalue weighted by Crippen LogP contribution is -2.41. The highest BCUT2D eigenvalue weighted by atomic mass is 32.2. The molecule has 1 aliphatic rings. The van der Waals surface area contributed by atoms with Gasteiger partial charge in [-0.05, 0) is 48.9 Å². The van der Waals surface area contributed by atoms with Gasteiger partial charge < -0.3 is 10.4 Å². The van der Waals surface area contributed by atoms with E-state index in [1.54, 1.807) is 29.6 Å². The highest BCUT2D eigenvalue weighted by molar-refractivity contribution is 7.91. The minimum atomic E-state index is -3.46. The first-order chi connectivity index (χ1) is 11.9. The molecule has 2 N–H and O–H groups in total. The average Bonchev–Trinajstić information content (AvgIpc) is 3.13. The molecule has 0 spiro atoms. The zero-order valence-corrected chi connectivity index (χ0v) is 15.4. The minimum Gasteiger partial charge on any atom is -0.506 e. The van der Waals surface area contributed by atoms with Crippen LogP contribution in [0.25, 0.3) is 0 Å². The van der Waals surface area contributed by atoms with Crippen LogP contribution < -0.4 is 5.32 Å². The second-order valence-electron chi connectivity index (χ2n) is 6.12. The highest BCUT2D eigenvalue weighted by Crippen LogP contribution is 2.29. The molecule has 0 bridgehead atoms. The van der Waals surface area contributed by atoms with Crippen LogP contribution in [0.1, 0.15) is 18.4 Å². The summed E-state index contributed by atoms with van der Waals surface area (Å²) in [6.45, 7) is 2.49. The van der Waals surface area contributed by atoms with E-state index in [1.807, 2.05) is 13.0 Å². The number of amides is 1. The third-order valence-corrected chi connectivity index (χ3v) is 7.60. The summed E-state index contributed by atoms with van der Waals surface area (Å²) < 4.78 is 26.8. The van der Waals surface area contributed by atoms with Crippen LogP contribution in [0, 0.1) is 12.8 Å². The topological polar surface area (TPSA) is 86.7 Å². The van der Waals surface area contributed by atoms with Crippen LogP contribution >= 0.6 is 11.3 Å². The van der Waals surface area contributed by atoms with E-state index >= 15 is 0 Å². The summed E-state index contributed by atoms with van der Waals surface area (Å²) in [5.41, 5.74) is 1.28. The van der Waals surface area contributed by atoms with Crippen molar-refractivity contribution >= 4 is 33.0 Å².